The Morgan fingerprint density at radius 2 is 2.27 bits per heavy atom. The van der Waals surface area contributed by atoms with Crippen LogP contribution in [0.3, 0.4) is 0 Å². The van der Waals surface area contributed by atoms with Crippen molar-refractivity contribution in [1.29, 1.82) is 0 Å². The molecule has 4 N–H and O–H groups in total. The van der Waals surface area contributed by atoms with Crippen molar-refractivity contribution < 1.29 is 0 Å². The summed E-state index contributed by atoms with van der Waals surface area (Å²) in [5.41, 5.74) is 14.5. The Bertz CT molecular complexity index is 440. The molecule has 0 saturated carbocycles. The number of nitrogens with two attached hydrogens (primary N) is 2. The average Bonchev–Trinajstić information content (AvgIpc) is 2.56. The Hall–Kier alpha value is -1.19. The van der Waals surface area contributed by atoms with Gasteiger partial charge in [-0.15, -0.1) is 0 Å². The van der Waals surface area contributed by atoms with Gasteiger partial charge in [-0.3, -0.25) is 0 Å². The molecule has 1 aliphatic rings. The Labute approximate surface area is 94.0 Å². The second-order valence-electron chi connectivity index (χ2n) is 3.91. The number of aryl methyl sites for hydroxylation is 1. The van der Waals surface area contributed by atoms with Crippen molar-refractivity contribution in [2.75, 3.05) is 0 Å². The molecule has 80 valence electrons. The van der Waals surface area contributed by atoms with Gasteiger partial charge in [-0.05, 0) is 12.1 Å². The van der Waals surface area contributed by atoms with E-state index in [2.05, 4.69) is 0 Å². The van der Waals surface area contributed by atoms with Crippen LogP contribution in [0.2, 0.25) is 0 Å². The summed E-state index contributed by atoms with van der Waals surface area (Å²) in [4.78, 5) is -0.811. The van der Waals surface area contributed by atoms with Crippen LogP contribution in [0.1, 0.15) is 12.0 Å². The van der Waals surface area contributed by atoms with E-state index in [4.69, 9.17) is 23.1 Å². The monoisotopic (exact) mass is 223 g/mol. The van der Waals surface area contributed by atoms with Crippen molar-refractivity contribution in [1.82, 2.24) is 4.57 Å². The van der Waals surface area contributed by atoms with Gasteiger partial charge < -0.3 is 16.0 Å². The lowest BCUT2D eigenvalue weighted by molar-refractivity contribution is 0.739. The molecule has 1 heterocycles. The van der Waals surface area contributed by atoms with Crippen LogP contribution in [-0.2, 0) is 7.05 Å². The first-order valence-electron chi connectivity index (χ1n) is 4.77. The van der Waals surface area contributed by atoms with Gasteiger partial charge in [-0.25, -0.2) is 0 Å². The first-order chi connectivity index (χ1) is 6.98. The largest absolute Gasteiger partial charge is 0.398 e. The third-order valence-electron chi connectivity index (χ3n) is 2.47. The number of aromatic nitrogens is 1. The first-order valence-corrected chi connectivity index (χ1v) is 5.15. The number of hydrogen-bond donors (Lipinski definition) is 2. The highest BCUT2D eigenvalue weighted by Gasteiger charge is 2.24. The maximum atomic E-state index is 6.08. The SMILES string of the molecule is Cn1ccc(C2=CC(N)(Cl)CC=C2N)c1. The van der Waals surface area contributed by atoms with Gasteiger partial charge in [-0.2, -0.15) is 0 Å². The molecule has 0 saturated heterocycles. The zero-order valence-corrected chi connectivity index (χ0v) is 9.33. The summed E-state index contributed by atoms with van der Waals surface area (Å²) in [6, 6.07) is 1.99. The lowest BCUT2D eigenvalue weighted by atomic mass is 9.96. The third-order valence-corrected chi connectivity index (χ3v) is 2.74. The Kier molecular flexibility index (Phi) is 2.37. The summed E-state index contributed by atoms with van der Waals surface area (Å²) >= 11 is 6.08. The van der Waals surface area contributed by atoms with Crippen LogP contribution in [0.15, 0.2) is 36.3 Å². The molecule has 0 spiro atoms. The summed E-state index contributed by atoms with van der Waals surface area (Å²) in [5.74, 6) is 0. The standard InChI is InChI=1S/C11H14ClN3/c1-15-5-3-8(7-15)9-6-11(12,14)4-2-10(9)13/h2-3,5-7H,4,13-14H2,1H3. The van der Waals surface area contributed by atoms with Crippen molar-refractivity contribution in [3.63, 3.8) is 0 Å². The molecule has 0 aliphatic heterocycles. The van der Waals surface area contributed by atoms with Gasteiger partial charge in [0.15, 0.2) is 0 Å². The highest BCUT2D eigenvalue weighted by Crippen LogP contribution is 2.31. The van der Waals surface area contributed by atoms with Crippen LogP contribution in [0.25, 0.3) is 5.57 Å². The average molecular weight is 224 g/mol. The zero-order valence-electron chi connectivity index (χ0n) is 8.57. The Balaban J connectivity index is 2.43. The zero-order chi connectivity index (χ0) is 11.1. The van der Waals surface area contributed by atoms with Gasteiger partial charge in [0.2, 0.25) is 0 Å². The van der Waals surface area contributed by atoms with E-state index in [1.807, 2.05) is 42.2 Å². The number of hydrogen-bond acceptors (Lipinski definition) is 2. The van der Waals surface area contributed by atoms with E-state index in [0.29, 0.717) is 6.42 Å². The molecule has 3 nitrogen and oxygen atoms in total. The van der Waals surface area contributed by atoms with E-state index in [-0.39, 0.29) is 0 Å². The predicted molar refractivity (Wildman–Crippen MR) is 63.0 cm³/mol. The van der Waals surface area contributed by atoms with Gasteiger partial charge in [0.1, 0.15) is 5.00 Å². The highest BCUT2D eigenvalue weighted by molar-refractivity contribution is 6.25. The van der Waals surface area contributed by atoms with Crippen molar-refractivity contribution in [2.45, 2.75) is 11.4 Å². The summed E-state index contributed by atoms with van der Waals surface area (Å²) in [7, 11) is 1.96. The van der Waals surface area contributed by atoms with E-state index in [1.165, 1.54) is 0 Å². The van der Waals surface area contributed by atoms with E-state index < -0.39 is 5.00 Å². The van der Waals surface area contributed by atoms with E-state index in [1.54, 1.807) is 0 Å². The maximum absolute atomic E-state index is 6.08. The predicted octanol–water partition coefficient (Wildman–Crippen LogP) is 1.55. The van der Waals surface area contributed by atoms with Gasteiger partial charge in [0.25, 0.3) is 0 Å². The smallest absolute Gasteiger partial charge is 0.114 e. The molecule has 1 atom stereocenters. The highest BCUT2D eigenvalue weighted by atomic mass is 35.5. The summed E-state index contributed by atoms with van der Waals surface area (Å²) < 4.78 is 1.96. The summed E-state index contributed by atoms with van der Waals surface area (Å²) in [6.07, 6.45) is 8.21. The Morgan fingerprint density at radius 3 is 2.87 bits per heavy atom. The number of rotatable bonds is 1. The second-order valence-corrected chi connectivity index (χ2v) is 4.62. The van der Waals surface area contributed by atoms with E-state index in [9.17, 15) is 0 Å². The van der Waals surface area contributed by atoms with Crippen LogP contribution in [0.5, 0.6) is 0 Å². The summed E-state index contributed by atoms with van der Waals surface area (Å²) in [5, 5.41) is 0. The molecule has 1 aromatic rings. The molecular formula is C11H14ClN3. The number of halogens is 1. The van der Waals surface area contributed by atoms with Gasteiger partial charge in [0, 0.05) is 42.7 Å². The lowest BCUT2D eigenvalue weighted by Gasteiger charge is -2.23. The van der Waals surface area contributed by atoms with Crippen molar-refractivity contribution in [3.8, 4) is 0 Å². The fourth-order valence-corrected chi connectivity index (χ4v) is 1.86. The van der Waals surface area contributed by atoms with Crippen molar-refractivity contribution in [3.05, 3.63) is 41.9 Å². The Morgan fingerprint density at radius 1 is 1.53 bits per heavy atom. The van der Waals surface area contributed by atoms with Crippen LogP contribution in [0.4, 0.5) is 0 Å². The van der Waals surface area contributed by atoms with Crippen molar-refractivity contribution >= 4 is 17.2 Å². The molecule has 1 aromatic heterocycles. The minimum Gasteiger partial charge on any atom is -0.398 e. The van der Waals surface area contributed by atoms with Crippen molar-refractivity contribution in [2.24, 2.45) is 18.5 Å². The molecule has 2 rings (SSSR count). The van der Waals surface area contributed by atoms with Crippen LogP contribution in [-0.4, -0.2) is 9.57 Å². The molecule has 0 radical (unpaired) electrons. The fourth-order valence-electron chi connectivity index (χ4n) is 1.67. The van der Waals surface area contributed by atoms with E-state index in [0.717, 1.165) is 16.8 Å². The molecule has 15 heavy (non-hydrogen) atoms. The summed E-state index contributed by atoms with van der Waals surface area (Å²) in [6.45, 7) is 0. The molecule has 1 unspecified atom stereocenters. The van der Waals surface area contributed by atoms with Gasteiger partial charge >= 0.3 is 0 Å². The molecule has 0 fully saturated rings. The van der Waals surface area contributed by atoms with Gasteiger partial charge in [-0.1, -0.05) is 17.7 Å². The number of nitrogens with zero attached hydrogens (tertiary/aromatic N) is 1. The number of alkyl halides is 1. The minimum atomic E-state index is -0.811. The van der Waals surface area contributed by atoms with Crippen LogP contribution in [0, 0.1) is 0 Å². The van der Waals surface area contributed by atoms with Gasteiger partial charge in [0.05, 0.1) is 0 Å². The third kappa shape index (κ3) is 2.08. The quantitative estimate of drug-likeness (QED) is 0.561. The molecular weight excluding hydrogens is 210 g/mol. The minimum absolute atomic E-state index is 0.566. The first kappa shape index (κ1) is 10.3. The molecule has 0 bridgehead atoms. The fraction of sp³-hybridized carbons (Fsp3) is 0.273. The molecule has 0 aromatic carbocycles. The lowest BCUT2D eigenvalue weighted by Crippen LogP contribution is -2.32. The normalized spacial score (nSPS) is 26.1. The number of allylic oxidation sites excluding steroid dienone is 1. The van der Waals surface area contributed by atoms with Crippen LogP contribution >= 0.6 is 11.6 Å². The molecule has 4 heteroatoms. The second kappa shape index (κ2) is 3.43. The topological polar surface area (TPSA) is 57.0 Å². The maximum Gasteiger partial charge on any atom is 0.114 e. The van der Waals surface area contributed by atoms with Crippen LogP contribution < -0.4 is 11.5 Å². The molecule has 1 aliphatic carbocycles. The molecule has 0 amide bonds. The van der Waals surface area contributed by atoms with E-state index >= 15 is 0 Å².